The van der Waals surface area contributed by atoms with Crippen molar-refractivity contribution < 1.29 is 19.1 Å². The molecule has 2 bridgehead atoms. The molecule has 5 nitrogen and oxygen atoms in total. The Morgan fingerprint density at radius 1 is 1.17 bits per heavy atom. The van der Waals surface area contributed by atoms with Crippen molar-refractivity contribution >= 4 is 23.3 Å². The summed E-state index contributed by atoms with van der Waals surface area (Å²) in [6.07, 6.45) is 5.32. The molecule has 0 aromatic heterocycles. The van der Waals surface area contributed by atoms with Crippen LogP contribution >= 0.6 is 0 Å². The minimum atomic E-state index is -0.426. The van der Waals surface area contributed by atoms with Gasteiger partial charge in [0.1, 0.15) is 0 Å². The number of hydrogen-bond donors (Lipinski definition) is 1. The SMILES string of the molecule is CC(=O)c1ccccc1NC(=O)COC(=O)C[C@@H]1C[C@H]2CC[C@@H]1C2. The lowest BCUT2D eigenvalue weighted by Crippen LogP contribution is -2.23. The van der Waals surface area contributed by atoms with Crippen molar-refractivity contribution in [1.82, 2.24) is 0 Å². The van der Waals surface area contributed by atoms with Gasteiger partial charge in [-0.15, -0.1) is 0 Å². The van der Waals surface area contributed by atoms with Crippen LogP contribution in [0.4, 0.5) is 5.69 Å². The van der Waals surface area contributed by atoms with E-state index < -0.39 is 5.91 Å². The smallest absolute Gasteiger partial charge is 0.306 e. The van der Waals surface area contributed by atoms with Crippen molar-refractivity contribution in [2.45, 2.75) is 39.0 Å². The van der Waals surface area contributed by atoms with Gasteiger partial charge in [-0.3, -0.25) is 14.4 Å². The summed E-state index contributed by atoms with van der Waals surface area (Å²) in [5.74, 6) is 1.03. The van der Waals surface area contributed by atoms with E-state index in [2.05, 4.69) is 5.32 Å². The first kappa shape index (κ1) is 16.7. The number of carbonyl (C=O) groups excluding carboxylic acids is 3. The van der Waals surface area contributed by atoms with Crippen LogP contribution in [0.15, 0.2) is 24.3 Å². The molecular weight excluding hydrogens is 306 g/mol. The maximum Gasteiger partial charge on any atom is 0.306 e. The number of Topliss-reactive ketones (excluding diaryl/α,β-unsaturated/α-hetero) is 1. The van der Waals surface area contributed by atoms with Crippen LogP contribution in [-0.4, -0.2) is 24.3 Å². The molecule has 3 atom stereocenters. The highest BCUT2D eigenvalue weighted by Crippen LogP contribution is 2.49. The molecule has 3 rings (SSSR count). The largest absolute Gasteiger partial charge is 0.456 e. The number of anilines is 1. The molecule has 1 aromatic rings. The number of ether oxygens (including phenoxy) is 1. The van der Waals surface area contributed by atoms with Gasteiger partial charge in [0, 0.05) is 12.0 Å². The summed E-state index contributed by atoms with van der Waals surface area (Å²) in [6.45, 7) is 1.13. The lowest BCUT2D eigenvalue weighted by molar-refractivity contribution is -0.148. The van der Waals surface area contributed by atoms with Gasteiger partial charge in [-0.2, -0.15) is 0 Å². The molecule has 1 N–H and O–H groups in total. The number of nitrogens with one attached hydrogen (secondary N) is 1. The Morgan fingerprint density at radius 2 is 1.96 bits per heavy atom. The molecule has 0 saturated heterocycles. The van der Waals surface area contributed by atoms with Crippen molar-refractivity contribution in [3.63, 3.8) is 0 Å². The summed E-state index contributed by atoms with van der Waals surface area (Å²) in [4.78, 5) is 35.4. The topological polar surface area (TPSA) is 72.5 Å². The van der Waals surface area contributed by atoms with Crippen LogP contribution in [0.2, 0.25) is 0 Å². The van der Waals surface area contributed by atoms with Crippen LogP contribution in [0, 0.1) is 17.8 Å². The minimum absolute atomic E-state index is 0.126. The third-order valence-corrected chi connectivity index (χ3v) is 5.26. The maximum atomic E-state index is 12.0. The zero-order chi connectivity index (χ0) is 17.1. The quantitative estimate of drug-likeness (QED) is 0.642. The average Bonchev–Trinajstić information content (AvgIpc) is 3.16. The van der Waals surface area contributed by atoms with Crippen LogP contribution in [0.3, 0.4) is 0 Å². The fourth-order valence-electron chi connectivity index (χ4n) is 4.13. The van der Waals surface area contributed by atoms with Crippen molar-refractivity contribution in [1.29, 1.82) is 0 Å². The third kappa shape index (κ3) is 3.83. The van der Waals surface area contributed by atoms with E-state index in [-0.39, 0.29) is 18.4 Å². The molecule has 0 heterocycles. The van der Waals surface area contributed by atoms with Gasteiger partial charge < -0.3 is 10.1 Å². The molecule has 0 unspecified atom stereocenters. The Balaban J connectivity index is 1.46. The van der Waals surface area contributed by atoms with Crippen LogP contribution in [-0.2, 0) is 14.3 Å². The van der Waals surface area contributed by atoms with E-state index in [1.807, 2.05) is 0 Å². The number of amides is 1. The van der Waals surface area contributed by atoms with E-state index in [0.717, 1.165) is 12.3 Å². The zero-order valence-electron chi connectivity index (χ0n) is 13.9. The van der Waals surface area contributed by atoms with Crippen molar-refractivity contribution in [3.8, 4) is 0 Å². The second-order valence-corrected chi connectivity index (χ2v) is 6.95. The fraction of sp³-hybridized carbons (Fsp3) is 0.526. The predicted octanol–water partition coefficient (Wildman–Crippen LogP) is 3.20. The summed E-state index contributed by atoms with van der Waals surface area (Å²) in [7, 11) is 0. The summed E-state index contributed by atoms with van der Waals surface area (Å²) in [5, 5.41) is 2.63. The molecule has 1 amide bonds. The summed E-state index contributed by atoms with van der Waals surface area (Å²) >= 11 is 0. The van der Waals surface area contributed by atoms with Crippen molar-refractivity contribution in [3.05, 3.63) is 29.8 Å². The summed E-state index contributed by atoms with van der Waals surface area (Å²) < 4.78 is 5.11. The fourth-order valence-corrected chi connectivity index (χ4v) is 4.13. The number of rotatable bonds is 6. The zero-order valence-corrected chi connectivity index (χ0v) is 13.9. The third-order valence-electron chi connectivity index (χ3n) is 5.26. The highest BCUT2D eigenvalue weighted by molar-refractivity contribution is 6.04. The van der Waals surface area contributed by atoms with Gasteiger partial charge in [-0.25, -0.2) is 0 Å². The molecule has 2 aliphatic carbocycles. The molecule has 5 heteroatoms. The number of ketones is 1. The number of fused-ring (bicyclic) bond motifs is 2. The molecule has 2 fully saturated rings. The minimum Gasteiger partial charge on any atom is -0.456 e. The number of carbonyl (C=O) groups is 3. The molecular formula is C19H23NO4. The Hall–Kier alpha value is -2.17. The van der Waals surface area contributed by atoms with E-state index in [9.17, 15) is 14.4 Å². The maximum absolute atomic E-state index is 12.0. The second-order valence-electron chi connectivity index (χ2n) is 6.95. The number of esters is 1. The van der Waals surface area contributed by atoms with E-state index >= 15 is 0 Å². The first-order valence-electron chi connectivity index (χ1n) is 8.58. The first-order valence-corrected chi connectivity index (χ1v) is 8.58. The van der Waals surface area contributed by atoms with Gasteiger partial charge in [-0.05, 0) is 56.1 Å². The normalized spacial score (nSPS) is 24.6. The molecule has 1 aromatic carbocycles. The first-order chi connectivity index (χ1) is 11.5. The average molecular weight is 329 g/mol. The Kier molecular flexibility index (Phi) is 4.97. The van der Waals surface area contributed by atoms with Gasteiger partial charge in [0.2, 0.25) is 0 Å². The highest BCUT2D eigenvalue weighted by atomic mass is 16.5. The van der Waals surface area contributed by atoms with Gasteiger partial charge in [0.25, 0.3) is 5.91 Å². The van der Waals surface area contributed by atoms with Crippen LogP contribution < -0.4 is 5.32 Å². The molecule has 2 saturated carbocycles. The van der Waals surface area contributed by atoms with Crippen LogP contribution in [0.5, 0.6) is 0 Å². The van der Waals surface area contributed by atoms with Crippen LogP contribution in [0.25, 0.3) is 0 Å². The predicted molar refractivity (Wildman–Crippen MR) is 89.6 cm³/mol. The lowest BCUT2D eigenvalue weighted by atomic mass is 9.86. The highest BCUT2D eigenvalue weighted by Gasteiger charge is 2.40. The van der Waals surface area contributed by atoms with Gasteiger partial charge in [-0.1, -0.05) is 18.6 Å². The Morgan fingerprint density at radius 3 is 2.62 bits per heavy atom. The molecule has 0 radical (unpaired) electrons. The molecule has 0 spiro atoms. The standard InChI is InChI=1S/C19H23NO4/c1-12(21)16-4-2-3-5-17(16)20-18(22)11-24-19(23)10-15-9-13-6-7-14(15)8-13/h2-5,13-15H,6-11H2,1H3,(H,20,22)/t13-,14+,15-/m0/s1. The molecule has 0 aliphatic heterocycles. The van der Waals surface area contributed by atoms with Gasteiger partial charge >= 0.3 is 5.97 Å². The lowest BCUT2D eigenvalue weighted by Gasteiger charge is -2.20. The van der Waals surface area contributed by atoms with Gasteiger partial charge in [0.05, 0.1) is 5.69 Å². The van der Waals surface area contributed by atoms with Crippen molar-refractivity contribution in [2.24, 2.45) is 17.8 Å². The number of para-hydroxylation sites is 1. The van der Waals surface area contributed by atoms with E-state index in [1.165, 1.54) is 26.2 Å². The Labute approximate surface area is 141 Å². The van der Waals surface area contributed by atoms with E-state index in [0.29, 0.717) is 29.5 Å². The summed E-state index contributed by atoms with van der Waals surface area (Å²) in [6, 6.07) is 6.79. The molecule has 24 heavy (non-hydrogen) atoms. The number of hydrogen-bond acceptors (Lipinski definition) is 4. The van der Waals surface area contributed by atoms with Crippen LogP contribution in [0.1, 0.15) is 49.4 Å². The number of benzene rings is 1. The van der Waals surface area contributed by atoms with E-state index in [1.54, 1.807) is 24.3 Å². The van der Waals surface area contributed by atoms with Crippen molar-refractivity contribution in [2.75, 3.05) is 11.9 Å². The van der Waals surface area contributed by atoms with Gasteiger partial charge in [0.15, 0.2) is 12.4 Å². The molecule has 128 valence electrons. The Bertz CT molecular complexity index is 655. The van der Waals surface area contributed by atoms with E-state index in [4.69, 9.17) is 4.74 Å². The summed E-state index contributed by atoms with van der Waals surface area (Å²) in [5.41, 5.74) is 0.887. The molecule has 2 aliphatic rings. The second kappa shape index (κ2) is 7.16. The monoisotopic (exact) mass is 329 g/mol.